The van der Waals surface area contributed by atoms with Crippen LogP contribution in [0.4, 0.5) is 4.79 Å². The van der Waals surface area contributed by atoms with E-state index in [1.807, 2.05) is 44.2 Å². The fraction of sp³-hybridized carbons (Fsp3) is 0.368. The van der Waals surface area contributed by atoms with E-state index in [9.17, 15) is 19.8 Å². The van der Waals surface area contributed by atoms with E-state index in [4.69, 9.17) is 9.57 Å². The zero-order valence-electron chi connectivity index (χ0n) is 15.5. The molecule has 0 saturated heterocycles. The quantitative estimate of drug-likeness (QED) is 0.770. The largest absolute Gasteiger partial charge is 0.492 e. The molecule has 2 rings (SSSR count). The lowest BCUT2D eigenvalue weighted by molar-refractivity contribution is -0.151. The van der Waals surface area contributed by atoms with Gasteiger partial charge in [0.2, 0.25) is 11.8 Å². The maximum absolute atomic E-state index is 12.6. The zero-order valence-corrected chi connectivity index (χ0v) is 15.5. The van der Waals surface area contributed by atoms with Crippen molar-refractivity contribution in [3.63, 3.8) is 0 Å². The zero-order chi connectivity index (χ0) is 20.0. The van der Waals surface area contributed by atoms with E-state index in [1.54, 1.807) is 0 Å². The number of likely N-dealkylation sites (N-methyl/N-ethyl adjacent to an activating group) is 1. The van der Waals surface area contributed by atoms with Gasteiger partial charge in [-0.05, 0) is 17.9 Å². The first-order valence-corrected chi connectivity index (χ1v) is 8.55. The topological polar surface area (TPSA) is 101 Å². The summed E-state index contributed by atoms with van der Waals surface area (Å²) in [6, 6.07) is 10.6. The Kier molecular flexibility index (Phi) is 6.70. The second kappa shape index (κ2) is 8.98. The number of carbonyl (C=O) groups excluding carboxylic acids is 2. The minimum Gasteiger partial charge on any atom is -0.492 e. The Balaban J connectivity index is 2.06. The van der Waals surface area contributed by atoms with Gasteiger partial charge in [-0.15, -0.1) is 4.73 Å². The molecule has 0 radical (unpaired) electrons. The molecule has 2 N–H and O–H groups in total. The standard InChI is InChI=1S/C19H24N2O6/c1-13(2)11-15(18(24)27-21-16(22)9-10-17(21)23)20(3)19(25)26-12-14-7-5-4-6-8-14/h4-10,13,15,22-23H,11-12H2,1-3H3/t15-/m0/s1. The van der Waals surface area contributed by atoms with Gasteiger partial charge in [0.05, 0.1) is 0 Å². The molecule has 0 fully saturated rings. The van der Waals surface area contributed by atoms with Crippen LogP contribution >= 0.6 is 0 Å². The van der Waals surface area contributed by atoms with Crippen molar-refractivity contribution in [3.8, 4) is 11.8 Å². The lowest BCUT2D eigenvalue weighted by Gasteiger charge is -2.27. The average molecular weight is 376 g/mol. The first kappa shape index (κ1) is 20.2. The molecule has 1 atom stereocenters. The molecule has 146 valence electrons. The van der Waals surface area contributed by atoms with Gasteiger partial charge in [-0.1, -0.05) is 44.2 Å². The molecule has 0 aliphatic heterocycles. The summed E-state index contributed by atoms with van der Waals surface area (Å²) in [5.74, 6) is -1.58. The van der Waals surface area contributed by atoms with E-state index in [2.05, 4.69) is 0 Å². The second-order valence-electron chi connectivity index (χ2n) is 6.55. The number of benzene rings is 1. The lowest BCUT2D eigenvalue weighted by Crippen LogP contribution is -2.46. The molecule has 1 amide bonds. The first-order valence-electron chi connectivity index (χ1n) is 8.55. The summed E-state index contributed by atoms with van der Waals surface area (Å²) >= 11 is 0. The molecule has 1 aromatic heterocycles. The summed E-state index contributed by atoms with van der Waals surface area (Å²) < 4.78 is 5.85. The van der Waals surface area contributed by atoms with Crippen molar-refractivity contribution in [2.75, 3.05) is 7.05 Å². The van der Waals surface area contributed by atoms with Gasteiger partial charge in [0.25, 0.3) is 0 Å². The number of carbonyl (C=O) groups is 2. The van der Waals surface area contributed by atoms with Gasteiger partial charge >= 0.3 is 12.1 Å². The fourth-order valence-corrected chi connectivity index (χ4v) is 2.45. The number of aromatic nitrogens is 1. The molecule has 1 heterocycles. The van der Waals surface area contributed by atoms with Gasteiger partial charge in [0, 0.05) is 19.2 Å². The van der Waals surface area contributed by atoms with Gasteiger partial charge in [-0.2, -0.15) is 0 Å². The third-order valence-corrected chi connectivity index (χ3v) is 3.91. The van der Waals surface area contributed by atoms with Gasteiger partial charge in [-0.3, -0.25) is 4.90 Å². The molecule has 2 aromatic rings. The number of ether oxygens (including phenoxy) is 1. The normalized spacial score (nSPS) is 11.9. The smallest absolute Gasteiger partial charge is 0.410 e. The third-order valence-electron chi connectivity index (χ3n) is 3.91. The van der Waals surface area contributed by atoms with Crippen molar-refractivity contribution in [2.45, 2.75) is 32.9 Å². The Morgan fingerprint density at radius 1 is 1.07 bits per heavy atom. The summed E-state index contributed by atoms with van der Waals surface area (Å²) in [5, 5.41) is 19.2. The van der Waals surface area contributed by atoms with E-state index < -0.39 is 29.9 Å². The molecule has 0 bridgehead atoms. The summed E-state index contributed by atoms with van der Waals surface area (Å²) in [6.45, 7) is 3.87. The van der Waals surface area contributed by atoms with Crippen LogP contribution in [0.3, 0.4) is 0 Å². The maximum atomic E-state index is 12.6. The van der Waals surface area contributed by atoms with Crippen LogP contribution in [0.2, 0.25) is 0 Å². The Labute approximate surface area is 157 Å². The number of aromatic hydroxyl groups is 2. The van der Waals surface area contributed by atoms with Crippen molar-refractivity contribution in [2.24, 2.45) is 5.92 Å². The van der Waals surface area contributed by atoms with Crippen molar-refractivity contribution >= 4 is 12.1 Å². The molecule has 0 unspecified atom stereocenters. The molecule has 27 heavy (non-hydrogen) atoms. The highest BCUT2D eigenvalue weighted by Crippen LogP contribution is 2.20. The molecule has 0 spiro atoms. The monoisotopic (exact) mass is 376 g/mol. The third kappa shape index (κ3) is 5.40. The molecule has 0 aliphatic carbocycles. The minimum atomic E-state index is -0.950. The Morgan fingerprint density at radius 3 is 2.22 bits per heavy atom. The van der Waals surface area contributed by atoms with E-state index in [0.29, 0.717) is 11.2 Å². The van der Waals surface area contributed by atoms with Crippen LogP contribution in [-0.4, -0.2) is 45.0 Å². The van der Waals surface area contributed by atoms with Crippen LogP contribution in [0.1, 0.15) is 25.8 Å². The van der Waals surface area contributed by atoms with Crippen molar-refractivity contribution in [3.05, 3.63) is 48.0 Å². The van der Waals surface area contributed by atoms with Crippen LogP contribution in [0, 0.1) is 5.92 Å². The SMILES string of the molecule is CC(C)C[C@@H](C(=O)On1c(O)ccc1O)N(C)C(=O)OCc1ccccc1. The van der Waals surface area contributed by atoms with Gasteiger partial charge < -0.3 is 19.8 Å². The van der Waals surface area contributed by atoms with E-state index in [0.717, 1.165) is 10.5 Å². The molecule has 8 heteroatoms. The highest BCUT2D eigenvalue weighted by atomic mass is 16.7. The first-order chi connectivity index (χ1) is 12.8. The summed E-state index contributed by atoms with van der Waals surface area (Å²) in [5.41, 5.74) is 0.824. The lowest BCUT2D eigenvalue weighted by atomic mass is 10.0. The van der Waals surface area contributed by atoms with E-state index >= 15 is 0 Å². The Bertz CT molecular complexity index is 752. The van der Waals surface area contributed by atoms with Crippen molar-refractivity contribution in [1.82, 2.24) is 9.63 Å². The predicted molar refractivity (Wildman–Crippen MR) is 97.0 cm³/mol. The molecule has 8 nitrogen and oxygen atoms in total. The molecule has 0 saturated carbocycles. The van der Waals surface area contributed by atoms with Crippen LogP contribution in [0.15, 0.2) is 42.5 Å². The minimum absolute atomic E-state index is 0.0760. The predicted octanol–water partition coefficient (Wildman–Crippen LogP) is 2.54. The maximum Gasteiger partial charge on any atom is 0.410 e. The highest BCUT2D eigenvalue weighted by Gasteiger charge is 2.31. The average Bonchev–Trinajstić information content (AvgIpc) is 2.96. The van der Waals surface area contributed by atoms with Crippen molar-refractivity contribution < 1.29 is 29.4 Å². The molecule has 1 aromatic carbocycles. The highest BCUT2D eigenvalue weighted by molar-refractivity contribution is 5.81. The Morgan fingerprint density at radius 2 is 1.67 bits per heavy atom. The number of hydrogen-bond donors (Lipinski definition) is 2. The van der Waals surface area contributed by atoms with E-state index in [1.165, 1.54) is 19.2 Å². The Hall–Kier alpha value is -3.16. The number of hydrogen-bond acceptors (Lipinski definition) is 6. The molecular formula is C19H24N2O6. The van der Waals surface area contributed by atoms with Crippen molar-refractivity contribution in [1.29, 1.82) is 0 Å². The van der Waals surface area contributed by atoms with Gasteiger partial charge in [-0.25, -0.2) is 9.59 Å². The summed E-state index contributed by atoms with van der Waals surface area (Å²) in [7, 11) is 1.44. The molecular weight excluding hydrogens is 352 g/mol. The fourth-order valence-electron chi connectivity index (χ4n) is 2.45. The van der Waals surface area contributed by atoms with Crippen LogP contribution in [0.5, 0.6) is 11.8 Å². The van der Waals surface area contributed by atoms with E-state index in [-0.39, 0.29) is 12.5 Å². The summed E-state index contributed by atoms with van der Waals surface area (Å²) in [6.07, 6.45) is -0.360. The number of rotatable bonds is 7. The van der Waals surface area contributed by atoms with Gasteiger partial charge in [0.1, 0.15) is 12.6 Å². The second-order valence-corrected chi connectivity index (χ2v) is 6.55. The van der Waals surface area contributed by atoms with Crippen LogP contribution in [0.25, 0.3) is 0 Å². The number of nitrogens with zero attached hydrogens (tertiary/aromatic N) is 2. The number of amides is 1. The molecule has 0 aliphatic rings. The van der Waals surface area contributed by atoms with Crippen LogP contribution in [-0.2, 0) is 16.1 Å². The van der Waals surface area contributed by atoms with Crippen LogP contribution < -0.4 is 4.84 Å². The van der Waals surface area contributed by atoms with Gasteiger partial charge in [0.15, 0.2) is 0 Å². The summed E-state index contributed by atoms with van der Waals surface area (Å²) in [4.78, 5) is 31.1.